The molecular weight excluding hydrogens is 404 g/mol. The third kappa shape index (κ3) is 4.73. The number of hydrogen-bond donors (Lipinski definition) is 1. The van der Waals surface area contributed by atoms with Crippen LogP contribution < -0.4 is 11.2 Å². The van der Waals surface area contributed by atoms with Gasteiger partial charge in [-0.1, -0.05) is 32.0 Å². The van der Waals surface area contributed by atoms with Gasteiger partial charge < -0.3 is 4.90 Å². The van der Waals surface area contributed by atoms with Gasteiger partial charge in [-0.05, 0) is 42.7 Å². The maximum absolute atomic E-state index is 14.3. The van der Waals surface area contributed by atoms with Crippen LogP contribution in [0.1, 0.15) is 42.6 Å². The third-order valence-corrected chi connectivity index (χ3v) is 5.22. The highest BCUT2D eigenvalue weighted by atomic mass is 19.1. The maximum atomic E-state index is 14.3. The molecule has 0 spiro atoms. The predicted octanol–water partition coefficient (Wildman–Crippen LogP) is 3.48. The maximum Gasteiger partial charge on any atom is 0.329 e. The van der Waals surface area contributed by atoms with Gasteiger partial charge in [0.05, 0.1) is 23.0 Å². The first-order chi connectivity index (χ1) is 14.9. The summed E-state index contributed by atoms with van der Waals surface area (Å²) in [5.41, 5.74) is -0.191. The van der Waals surface area contributed by atoms with Crippen LogP contribution in [0.15, 0.2) is 52.1 Å². The number of para-hydroxylation sites is 1. The van der Waals surface area contributed by atoms with E-state index in [2.05, 4.69) is 4.98 Å². The first kappa shape index (κ1) is 22.4. The number of carbonyl (C=O) groups is 1. The van der Waals surface area contributed by atoms with E-state index in [1.165, 1.54) is 27.7 Å². The molecule has 0 saturated carbocycles. The fraction of sp³-hybridized carbons (Fsp3) is 0.348. The lowest BCUT2D eigenvalue weighted by atomic mass is 10.1. The standard InChI is InChI=1S/C21H19F2N3O3.C2H6/c22-14-7-9-25(10-8-14)20(28)16-11-13(5-6-17(16)23)12-26-18-4-2-1-3-15(18)19(27)24-21(26)29;1-2/h1-6,11,14H,7-10,12H2,(H,24,27,29);1-2H3. The Balaban J connectivity index is 0.00000132. The number of benzene rings is 2. The zero-order valence-corrected chi connectivity index (χ0v) is 17.5. The Morgan fingerprint density at radius 2 is 1.77 bits per heavy atom. The molecule has 0 bridgehead atoms. The van der Waals surface area contributed by atoms with Crippen LogP contribution in [0.2, 0.25) is 0 Å². The highest BCUT2D eigenvalue weighted by Gasteiger charge is 2.25. The van der Waals surface area contributed by atoms with Crippen molar-refractivity contribution < 1.29 is 13.6 Å². The Hall–Kier alpha value is -3.29. The van der Waals surface area contributed by atoms with Crippen LogP contribution in [0.5, 0.6) is 0 Å². The van der Waals surface area contributed by atoms with Crippen molar-refractivity contribution in [3.05, 3.63) is 80.2 Å². The van der Waals surface area contributed by atoms with Gasteiger partial charge in [0.15, 0.2) is 0 Å². The number of halogens is 2. The monoisotopic (exact) mass is 429 g/mol. The van der Waals surface area contributed by atoms with Crippen molar-refractivity contribution in [3.8, 4) is 0 Å². The number of amides is 1. The predicted molar refractivity (Wildman–Crippen MR) is 116 cm³/mol. The largest absolute Gasteiger partial charge is 0.338 e. The van der Waals surface area contributed by atoms with Gasteiger partial charge in [-0.25, -0.2) is 13.6 Å². The van der Waals surface area contributed by atoms with Crippen molar-refractivity contribution in [1.82, 2.24) is 14.5 Å². The number of aromatic amines is 1. The number of rotatable bonds is 3. The van der Waals surface area contributed by atoms with Crippen LogP contribution in [-0.2, 0) is 6.54 Å². The van der Waals surface area contributed by atoms with Crippen molar-refractivity contribution in [1.29, 1.82) is 0 Å². The molecule has 0 unspecified atom stereocenters. The molecule has 0 aliphatic carbocycles. The number of nitrogens with one attached hydrogen (secondary N) is 1. The summed E-state index contributed by atoms with van der Waals surface area (Å²) in [6, 6.07) is 10.8. The van der Waals surface area contributed by atoms with Crippen molar-refractivity contribution in [3.63, 3.8) is 0 Å². The van der Waals surface area contributed by atoms with E-state index in [1.54, 1.807) is 24.3 Å². The van der Waals surface area contributed by atoms with E-state index in [0.717, 1.165) is 0 Å². The summed E-state index contributed by atoms with van der Waals surface area (Å²) in [5.74, 6) is -1.16. The van der Waals surface area contributed by atoms with Crippen molar-refractivity contribution in [2.75, 3.05) is 13.1 Å². The normalized spacial score (nSPS) is 14.3. The second kappa shape index (κ2) is 9.68. The molecule has 6 nitrogen and oxygen atoms in total. The molecule has 0 atom stereocenters. The number of likely N-dealkylation sites (tertiary alicyclic amines) is 1. The van der Waals surface area contributed by atoms with E-state index in [4.69, 9.17) is 0 Å². The van der Waals surface area contributed by atoms with Crippen molar-refractivity contribution in [2.24, 2.45) is 0 Å². The van der Waals surface area contributed by atoms with Crippen LogP contribution >= 0.6 is 0 Å². The van der Waals surface area contributed by atoms with E-state index < -0.39 is 29.1 Å². The number of piperidine rings is 1. The molecule has 1 N–H and O–H groups in total. The van der Waals surface area contributed by atoms with Crippen LogP contribution in [-0.4, -0.2) is 39.6 Å². The van der Waals surface area contributed by atoms with E-state index in [9.17, 15) is 23.2 Å². The second-order valence-corrected chi connectivity index (χ2v) is 7.14. The molecule has 4 rings (SSSR count). The Morgan fingerprint density at radius 3 is 2.48 bits per heavy atom. The smallest absolute Gasteiger partial charge is 0.329 e. The Bertz CT molecular complexity index is 1190. The molecule has 164 valence electrons. The molecule has 1 amide bonds. The number of hydrogen-bond acceptors (Lipinski definition) is 3. The lowest BCUT2D eigenvalue weighted by Gasteiger charge is -2.29. The zero-order chi connectivity index (χ0) is 22.5. The number of aromatic nitrogens is 2. The molecule has 1 fully saturated rings. The second-order valence-electron chi connectivity index (χ2n) is 7.14. The van der Waals surface area contributed by atoms with E-state index in [0.29, 0.717) is 16.5 Å². The SMILES string of the molecule is CC.O=C(c1cc(Cn2c(=O)[nH]c(=O)c3ccccc32)ccc1F)N1CCC(F)CC1. The quantitative estimate of drug-likeness (QED) is 0.693. The van der Waals surface area contributed by atoms with Crippen LogP contribution in [0, 0.1) is 5.82 Å². The molecule has 0 radical (unpaired) electrons. The molecule has 1 saturated heterocycles. The number of carbonyl (C=O) groups excluding carboxylic acids is 1. The van der Waals surface area contributed by atoms with Gasteiger partial charge in [-0.3, -0.25) is 19.1 Å². The molecule has 1 aliphatic heterocycles. The Kier molecular flexibility index (Phi) is 6.99. The minimum atomic E-state index is -0.935. The Labute approximate surface area is 178 Å². The van der Waals surface area contributed by atoms with Gasteiger partial charge in [-0.2, -0.15) is 0 Å². The first-order valence-electron chi connectivity index (χ1n) is 10.4. The van der Waals surface area contributed by atoms with Gasteiger partial charge in [-0.15, -0.1) is 0 Å². The lowest BCUT2D eigenvalue weighted by molar-refractivity contribution is 0.0662. The Morgan fingerprint density at radius 1 is 1.10 bits per heavy atom. The average Bonchev–Trinajstić information content (AvgIpc) is 2.79. The zero-order valence-electron chi connectivity index (χ0n) is 17.5. The van der Waals surface area contributed by atoms with Gasteiger partial charge in [0.2, 0.25) is 0 Å². The molecule has 2 aromatic carbocycles. The number of alkyl halides is 1. The lowest BCUT2D eigenvalue weighted by Crippen LogP contribution is -2.39. The molecular formula is C23H25F2N3O3. The summed E-state index contributed by atoms with van der Waals surface area (Å²) in [6.07, 6.45) is -0.451. The molecule has 3 aromatic rings. The van der Waals surface area contributed by atoms with E-state index in [-0.39, 0.29) is 38.0 Å². The summed E-state index contributed by atoms with van der Waals surface area (Å²) in [5, 5.41) is 0.361. The molecule has 1 aliphatic rings. The topological polar surface area (TPSA) is 75.2 Å². The highest BCUT2D eigenvalue weighted by Crippen LogP contribution is 2.19. The van der Waals surface area contributed by atoms with Gasteiger partial charge in [0.25, 0.3) is 11.5 Å². The summed E-state index contributed by atoms with van der Waals surface area (Å²) in [7, 11) is 0. The third-order valence-electron chi connectivity index (χ3n) is 5.22. The fourth-order valence-electron chi connectivity index (χ4n) is 3.64. The molecule has 31 heavy (non-hydrogen) atoms. The van der Waals surface area contributed by atoms with Crippen LogP contribution in [0.4, 0.5) is 8.78 Å². The van der Waals surface area contributed by atoms with Gasteiger partial charge in [0.1, 0.15) is 12.0 Å². The highest BCUT2D eigenvalue weighted by molar-refractivity contribution is 5.94. The minimum absolute atomic E-state index is 0.0588. The average molecular weight is 429 g/mol. The molecule has 1 aromatic heterocycles. The van der Waals surface area contributed by atoms with Crippen molar-refractivity contribution >= 4 is 16.8 Å². The van der Waals surface area contributed by atoms with E-state index in [1.807, 2.05) is 13.8 Å². The summed E-state index contributed by atoms with van der Waals surface area (Å²) >= 11 is 0. The number of fused-ring (bicyclic) bond motifs is 1. The first-order valence-corrected chi connectivity index (χ1v) is 10.4. The van der Waals surface area contributed by atoms with E-state index >= 15 is 0 Å². The summed E-state index contributed by atoms with van der Waals surface area (Å²) in [6.45, 7) is 4.55. The van der Waals surface area contributed by atoms with Gasteiger partial charge >= 0.3 is 5.69 Å². The summed E-state index contributed by atoms with van der Waals surface area (Å²) < 4.78 is 29.0. The minimum Gasteiger partial charge on any atom is -0.338 e. The number of H-pyrrole nitrogens is 1. The summed E-state index contributed by atoms with van der Waals surface area (Å²) in [4.78, 5) is 40.8. The van der Waals surface area contributed by atoms with Crippen LogP contribution in [0.25, 0.3) is 10.9 Å². The van der Waals surface area contributed by atoms with Crippen molar-refractivity contribution in [2.45, 2.75) is 39.4 Å². The molecule has 2 heterocycles. The number of nitrogens with zero attached hydrogens (tertiary/aromatic N) is 2. The van der Waals surface area contributed by atoms with Gasteiger partial charge in [0, 0.05) is 13.1 Å². The molecule has 8 heteroatoms. The van der Waals surface area contributed by atoms with Crippen LogP contribution in [0.3, 0.4) is 0 Å². The fourth-order valence-corrected chi connectivity index (χ4v) is 3.64.